The fourth-order valence-electron chi connectivity index (χ4n) is 1.07. The molecule has 0 saturated carbocycles. The first-order chi connectivity index (χ1) is 7.00. The molecule has 0 aliphatic carbocycles. The van der Waals surface area contributed by atoms with Crippen molar-refractivity contribution in [2.45, 2.75) is 11.8 Å². The Hall–Kier alpha value is -1.36. The molecule has 0 unspecified atom stereocenters. The SMILES string of the molecule is C/N=C(\C)N(C)S(=O)(=O)c1ccccc1. The van der Waals surface area contributed by atoms with Crippen LogP contribution in [0.5, 0.6) is 0 Å². The fraction of sp³-hybridized carbons (Fsp3) is 0.300. The average molecular weight is 226 g/mol. The number of rotatable bonds is 2. The number of amidine groups is 1. The summed E-state index contributed by atoms with van der Waals surface area (Å²) in [6.07, 6.45) is 0. The summed E-state index contributed by atoms with van der Waals surface area (Å²) in [4.78, 5) is 4.12. The van der Waals surface area contributed by atoms with Crippen molar-refractivity contribution in [1.29, 1.82) is 0 Å². The maximum absolute atomic E-state index is 12.0. The second kappa shape index (κ2) is 4.44. The van der Waals surface area contributed by atoms with Crippen molar-refractivity contribution in [3.05, 3.63) is 30.3 Å². The molecule has 0 N–H and O–H groups in total. The zero-order valence-electron chi connectivity index (χ0n) is 9.01. The molecular formula is C10H14N2O2S. The van der Waals surface area contributed by atoms with Crippen molar-refractivity contribution in [1.82, 2.24) is 4.31 Å². The van der Waals surface area contributed by atoms with Gasteiger partial charge in [0.2, 0.25) is 0 Å². The topological polar surface area (TPSA) is 49.7 Å². The van der Waals surface area contributed by atoms with Gasteiger partial charge >= 0.3 is 0 Å². The molecular weight excluding hydrogens is 212 g/mol. The normalized spacial score (nSPS) is 12.6. The summed E-state index contributed by atoms with van der Waals surface area (Å²) in [6, 6.07) is 8.29. The zero-order chi connectivity index (χ0) is 11.5. The van der Waals surface area contributed by atoms with Gasteiger partial charge in [0.05, 0.1) is 4.90 Å². The van der Waals surface area contributed by atoms with Gasteiger partial charge in [0.15, 0.2) is 0 Å². The summed E-state index contributed by atoms with van der Waals surface area (Å²) in [5, 5.41) is 0. The van der Waals surface area contributed by atoms with Gasteiger partial charge < -0.3 is 0 Å². The molecule has 0 aromatic heterocycles. The molecule has 0 bridgehead atoms. The summed E-state index contributed by atoms with van der Waals surface area (Å²) in [6.45, 7) is 1.65. The Morgan fingerprint density at radius 1 is 1.27 bits per heavy atom. The van der Waals surface area contributed by atoms with Crippen molar-refractivity contribution in [2.75, 3.05) is 14.1 Å². The lowest BCUT2D eigenvalue weighted by atomic mass is 10.4. The highest BCUT2D eigenvalue weighted by molar-refractivity contribution is 7.89. The maximum atomic E-state index is 12.0. The summed E-state index contributed by atoms with van der Waals surface area (Å²) in [5.74, 6) is 0.457. The van der Waals surface area contributed by atoms with Gasteiger partial charge in [-0.15, -0.1) is 0 Å². The van der Waals surface area contributed by atoms with Gasteiger partial charge in [-0.05, 0) is 19.1 Å². The van der Waals surface area contributed by atoms with E-state index >= 15 is 0 Å². The zero-order valence-corrected chi connectivity index (χ0v) is 9.82. The van der Waals surface area contributed by atoms with Gasteiger partial charge in [0.25, 0.3) is 10.0 Å². The summed E-state index contributed by atoms with van der Waals surface area (Å²) >= 11 is 0. The predicted molar refractivity (Wildman–Crippen MR) is 60.4 cm³/mol. The van der Waals surface area contributed by atoms with Gasteiger partial charge in [0, 0.05) is 14.1 Å². The molecule has 0 heterocycles. The van der Waals surface area contributed by atoms with Crippen LogP contribution in [-0.4, -0.2) is 32.7 Å². The highest BCUT2D eigenvalue weighted by Gasteiger charge is 2.20. The molecule has 0 atom stereocenters. The molecule has 4 nitrogen and oxygen atoms in total. The molecule has 0 amide bonds. The Morgan fingerprint density at radius 3 is 2.27 bits per heavy atom. The van der Waals surface area contributed by atoms with Crippen LogP contribution in [0.25, 0.3) is 0 Å². The highest BCUT2D eigenvalue weighted by Crippen LogP contribution is 2.13. The number of sulfonamides is 1. The largest absolute Gasteiger partial charge is 0.275 e. The Balaban J connectivity index is 3.15. The first kappa shape index (κ1) is 11.7. The first-order valence-electron chi connectivity index (χ1n) is 4.47. The van der Waals surface area contributed by atoms with E-state index in [2.05, 4.69) is 4.99 Å². The third-order valence-electron chi connectivity index (χ3n) is 2.18. The monoisotopic (exact) mass is 226 g/mol. The molecule has 0 fully saturated rings. The van der Waals surface area contributed by atoms with Crippen molar-refractivity contribution in [3.8, 4) is 0 Å². The molecule has 0 aliphatic rings. The van der Waals surface area contributed by atoms with Gasteiger partial charge in [-0.1, -0.05) is 18.2 Å². The first-order valence-corrected chi connectivity index (χ1v) is 5.91. The van der Waals surface area contributed by atoms with Crippen LogP contribution in [0.3, 0.4) is 0 Å². The number of aliphatic imine (C=N–C) groups is 1. The van der Waals surface area contributed by atoms with Gasteiger partial charge in [0.1, 0.15) is 5.84 Å². The highest BCUT2D eigenvalue weighted by atomic mass is 32.2. The number of hydrogen-bond donors (Lipinski definition) is 0. The van der Waals surface area contributed by atoms with E-state index in [0.717, 1.165) is 0 Å². The van der Waals surface area contributed by atoms with Crippen LogP contribution < -0.4 is 0 Å². The van der Waals surface area contributed by atoms with Gasteiger partial charge in [-0.2, -0.15) is 0 Å². The van der Waals surface area contributed by atoms with Crippen molar-refractivity contribution >= 4 is 15.9 Å². The molecule has 1 aromatic carbocycles. The second-order valence-corrected chi connectivity index (χ2v) is 5.03. The molecule has 0 saturated heterocycles. The molecule has 5 heteroatoms. The van der Waals surface area contributed by atoms with Crippen LogP contribution in [0.2, 0.25) is 0 Å². The minimum absolute atomic E-state index is 0.274. The lowest BCUT2D eigenvalue weighted by molar-refractivity contribution is 0.551. The molecule has 0 spiro atoms. The van der Waals surface area contributed by atoms with E-state index in [1.807, 2.05) is 0 Å². The molecule has 15 heavy (non-hydrogen) atoms. The average Bonchev–Trinajstić information content (AvgIpc) is 2.28. The van der Waals surface area contributed by atoms with Crippen LogP contribution in [0, 0.1) is 0 Å². The van der Waals surface area contributed by atoms with E-state index in [1.165, 1.54) is 11.4 Å². The van der Waals surface area contributed by atoms with Crippen molar-refractivity contribution in [3.63, 3.8) is 0 Å². The quantitative estimate of drug-likeness (QED) is 0.564. The predicted octanol–water partition coefficient (Wildman–Crippen LogP) is 1.36. The third-order valence-corrected chi connectivity index (χ3v) is 4.03. The minimum atomic E-state index is -3.45. The van der Waals surface area contributed by atoms with E-state index in [-0.39, 0.29) is 4.90 Å². The standard InChI is InChI=1S/C10H14N2O2S/c1-9(11-2)12(3)15(13,14)10-7-5-4-6-8-10/h4-8H,1-3H3/b11-9+. The minimum Gasteiger partial charge on any atom is -0.275 e. The van der Waals surface area contributed by atoms with Crippen LogP contribution in [0.15, 0.2) is 40.2 Å². The van der Waals surface area contributed by atoms with E-state index in [4.69, 9.17) is 0 Å². The van der Waals surface area contributed by atoms with Crippen LogP contribution in [0.1, 0.15) is 6.92 Å². The van der Waals surface area contributed by atoms with Gasteiger partial charge in [-0.25, -0.2) is 8.42 Å². The van der Waals surface area contributed by atoms with Crippen molar-refractivity contribution < 1.29 is 8.42 Å². The smallest absolute Gasteiger partial charge is 0.264 e. The number of hydrogen-bond acceptors (Lipinski definition) is 3. The van der Waals surface area contributed by atoms with E-state index in [1.54, 1.807) is 44.3 Å². The molecule has 1 rings (SSSR count). The summed E-state index contributed by atoms with van der Waals surface area (Å²) in [5.41, 5.74) is 0. The second-order valence-electron chi connectivity index (χ2n) is 3.06. The van der Waals surface area contributed by atoms with Gasteiger partial charge in [-0.3, -0.25) is 9.30 Å². The Bertz CT molecular complexity index is 452. The third kappa shape index (κ3) is 2.36. The summed E-state index contributed by atoms with van der Waals surface area (Å²) < 4.78 is 25.1. The lowest BCUT2D eigenvalue weighted by Gasteiger charge is -2.18. The Kier molecular flexibility index (Phi) is 3.47. The van der Waals surface area contributed by atoms with Crippen LogP contribution in [-0.2, 0) is 10.0 Å². The van der Waals surface area contributed by atoms with Crippen LogP contribution in [0.4, 0.5) is 0 Å². The molecule has 1 aromatic rings. The summed E-state index contributed by atoms with van der Waals surface area (Å²) in [7, 11) is -0.395. The fourth-order valence-corrected chi connectivity index (χ4v) is 2.31. The maximum Gasteiger partial charge on any atom is 0.264 e. The molecule has 0 radical (unpaired) electrons. The number of nitrogens with zero attached hydrogens (tertiary/aromatic N) is 2. The Labute approximate surface area is 90.3 Å². The van der Waals surface area contributed by atoms with E-state index in [0.29, 0.717) is 5.84 Å². The van der Waals surface area contributed by atoms with E-state index < -0.39 is 10.0 Å². The number of benzene rings is 1. The van der Waals surface area contributed by atoms with E-state index in [9.17, 15) is 8.42 Å². The van der Waals surface area contributed by atoms with Crippen LogP contribution >= 0.6 is 0 Å². The molecule has 82 valence electrons. The lowest BCUT2D eigenvalue weighted by Crippen LogP contribution is -2.31. The Morgan fingerprint density at radius 2 is 1.80 bits per heavy atom. The van der Waals surface area contributed by atoms with Crippen molar-refractivity contribution in [2.24, 2.45) is 4.99 Å². The molecule has 0 aliphatic heterocycles.